The number of esters is 4. The van der Waals surface area contributed by atoms with Gasteiger partial charge >= 0.3 is 39.5 Å². The first-order chi connectivity index (χ1) is 52.4. The van der Waals surface area contributed by atoms with Crippen LogP contribution < -0.4 is 0 Å². The molecule has 3 N–H and O–H groups in total. The second-order valence-electron chi connectivity index (χ2n) is 32.5. The van der Waals surface area contributed by atoms with Crippen molar-refractivity contribution < 1.29 is 80.2 Å². The first-order valence-corrected chi connectivity index (χ1v) is 49.1. The van der Waals surface area contributed by atoms with E-state index in [4.69, 9.17) is 37.0 Å². The number of hydrogen-bond donors (Lipinski definition) is 3. The normalized spacial score (nSPS) is 14.3. The monoisotopic (exact) mass is 1580 g/mol. The van der Waals surface area contributed by atoms with Crippen molar-refractivity contribution >= 4 is 39.5 Å². The van der Waals surface area contributed by atoms with E-state index in [1.165, 1.54) is 295 Å². The van der Waals surface area contributed by atoms with Gasteiger partial charge in [0, 0.05) is 25.7 Å². The summed E-state index contributed by atoms with van der Waals surface area (Å²) in [7, 11) is -9.93. The average Bonchev–Trinajstić information content (AvgIpc) is 0.902. The van der Waals surface area contributed by atoms with Crippen molar-refractivity contribution in [1.82, 2.24) is 0 Å². The van der Waals surface area contributed by atoms with E-state index in [-0.39, 0.29) is 25.7 Å². The maximum Gasteiger partial charge on any atom is 0.472 e. The molecular weight excluding hydrogens is 1400 g/mol. The van der Waals surface area contributed by atoms with Crippen molar-refractivity contribution in [3.8, 4) is 0 Å². The minimum atomic E-state index is -4.97. The van der Waals surface area contributed by atoms with Crippen molar-refractivity contribution in [3.05, 3.63) is 0 Å². The Morgan fingerprint density at radius 3 is 0.657 bits per heavy atom. The predicted octanol–water partition coefficient (Wildman–Crippen LogP) is 27.4. The van der Waals surface area contributed by atoms with E-state index in [0.29, 0.717) is 25.7 Å². The number of aliphatic hydroxyl groups is 1. The Kier molecular flexibility index (Phi) is 78.8. The zero-order valence-corrected chi connectivity index (χ0v) is 73.0. The smallest absolute Gasteiger partial charge is 0.462 e. The zero-order valence-electron chi connectivity index (χ0n) is 71.2. The van der Waals surface area contributed by atoms with Crippen LogP contribution in [0.15, 0.2) is 0 Å². The van der Waals surface area contributed by atoms with Gasteiger partial charge in [-0.15, -0.1) is 0 Å². The molecule has 0 heterocycles. The third-order valence-corrected chi connectivity index (χ3v) is 23.6. The summed E-state index contributed by atoms with van der Waals surface area (Å²) >= 11 is 0. The minimum absolute atomic E-state index is 0.106. The van der Waals surface area contributed by atoms with Gasteiger partial charge in [0.1, 0.15) is 19.3 Å². The molecule has 0 aliphatic heterocycles. The van der Waals surface area contributed by atoms with E-state index >= 15 is 0 Å². The summed E-state index contributed by atoms with van der Waals surface area (Å²) in [6.45, 7) is 9.71. The fourth-order valence-electron chi connectivity index (χ4n) is 13.9. The molecule has 19 heteroatoms. The molecular formula is C89H174O17P2. The SMILES string of the molecule is CCCCCCCCCCCCCCCCCCCCCCCC(=O)OC[C@H](COP(=O)(O)OC[C@@H](O)COP(=O)(O)OC[C@@H](COC(=O)CCCCCCCCCCC(C)CC)OC(=O)CCCCCCCCCCCCC(C)CC)OC(=O)CCCCCCCCCCCCCCCCCCCCCCC. The van der Waals surface area contributed by atoms with Crippen LogP contribution in [0.3, 0.4) is 0 Å². The van der Waals surface area contributed by atoms with E-state index in [2.05, 4.69) is 41.5 Å². The number of rotatable bonds is 88. The number of unbranched alkanes of at least 4 members (excludes halogenated alkanes) is 56. The van der Waals surface area contributed by atoms with Crippen molar-refractivity contribution in [3.63, 3.8) is 0 Å². The molecule has 0 aromatic rings. The lowest BCUT2D eigenvalue weighted by molar-refractivity contribution is -0.161. The van der Waals surface area contributed by atoms with Crippen LogP contribution in [0, 0.1) is 11.8 Å². The van der Waals surface area contributed by atoms with Crippen LogP contribution in [0.4, 0.5) is 0 Å². The Bertz CT molecular complexity index is 2070. The molecule has 0 aromatic heterocycles. The van der Waals surface area contributed by atoms with Gasteiger partial charge in [-0.2, -0.15) is 0 Å². The highest BCUT2D eigenvalue weighted by Gasteiger charge is 2.31. The second-order valence-corrected chi connectivity index (χ2v) is 35.4. The molecule has 7 atom stereocenters. The minimum Gasteiger partial charge on any atom is -0.462 e. The molecule has 0 bridgehead atoms. The van der Waals surface area contributed by atoms with Crippen LogP contribution in [0.25, 0.3) is 0 Å². The molecule has 0 radical (unpaired) electrons. The molecule has 0 aliphatic rings. The van der Waals surface area contributed by atoms with Crippen LogP contribution in [0.5, 0.6) is 0 Å². The molecule has 0 fully saturated rings. The summed E-state index contributed by atoms with van der Waals surface area (Å²) < 4.78 is 69.0. The highest BCUT2D eigenvalue weighted by atomic mass is 31.2. The van der Waals surface area contributed by atoms with E-state index in [1.807, 2.05) is 0 Å². The highest BCUT2D eigenvalue weighted by molar-refractivity contribution is 7.47. The average molecular weight is 1580 g/mol. The number of hydrogen-bond acceptors (Lipinski definition) is 15. The fourth-order valence-corrected chi connectivity index (χ4v) is 15.5. The lowest BCUT2D eigenvalue weighted by atomic mass is 9.99. The van der Waals surface area contributed by atoms with E-state index in [0.717, 1.165) is 102 Å². The van der Waals surface area contributed by atoms with Crippen LogP contribution in [0.2, 0.25) is 0 Å². The summed E-state index contributed by atoms with van der Waals surface area (Å²) in [6.07, 6.45) is 73.7. The standard InChI is InChI=1S/C89H174O17P2/c1-7-11-13-15-17-19-21-23-25-27-29-31-33-35-37-39-41-46-53-59-65-71-86(91)99-77-84(105-88(93)73-67-61-55-47-42-40-38-36-34-32-30-28-26-24-22-20-18-16-14-12-8-2)79-103-107(95,96)101-75-83(90)76-102-108(97,98)104-80-85(78-100-87(92)72-66-60-54-50-49-52-58-64-70-82(6)10-4)106-89(94)74-68-62-56-48-44-43-45-51-57-63-69-81(5)9-3/h81-85,90H,7-80H2,1-6H3,(H,95,96)(H,97,98)/t81?,82?,83-,84-,85-/m1/s1. The number of phosphoric ester groups is 2. The Morgan fingerprint density at radius 2 is 0.444 bits per heavy atom. The number of ether oxygens (including phenoxy) is 4. The van der Waals surface area contributed by atoms with Crippen LogP contribution in [-0.4, -0.2) is 96.7 Å². The summed E-state index contributed by atoms with van der Waals surface area (Å²) in [5.41, 5.74) is 0. The molecule has 0 saturated carbocycles. The van der Waals surface area contributed by atoms with Gasteiger partial charge in [0.15, 0.2) is 12.2 Å². The zero-order chi connectivity index (χ0) is 79.2. The summed E-state index contributed by atoms with van der Waals surface area (Å²) in [5.74, 6) is -0.520. The topological polar surface area (TPSA) is 237 Å². The molecule has 0 aliphatic carbocycles. The van der Waals surface area contributed by atoms with Gasteiger partial charge in [0.05, 0.1) is 26.4 Å². The number of carbonyl (C=O) groups is 4. The molecule has 17 nitrogen and oxygen atoms in total. The fraction of sp³-hybridized carbons (Fsp3) is 0.955. The third-order valence-electron chi connectivity index (χ3n) is 21.7. The largest absolute Gasteiger partial charge is 0.472 e. The maximum absolute atomic E-state index is 13.2. The summed E-state index contributed by atoms with van der Waals surface area (Å²) in [6, 6.07) is 0. The molecule has 0 saturated heterocycles. The lowest BCUT2D eigenvalue weighted by Gasteiger charge is -2.21. The van der Waals surface area contributed by atoms with Crippen LogP contribution in [-0.2, 0) is 65.4 Å². The molecule has 0 rings (SSSR count). The Hall–Kier alpha value is -1.94. The predicted molar refractivity (Wildman–Crippen MR) is 446 cm³/mol. The number of carbonyl (C=O) groups excluding carboxylic acids is 4. The van der Waals surface area contributed by atoms with Gasteiger partial charge in [0.2, 0.25) is 0 Å². The van der Waals surface area contributed by atoms with Crippen LogP contribution >= 0.6 is 15.6 Å². The van der Waals surface area contributed by atoms with Gasteiger partial charge in [-0.25, -0.2) is 9.13 Å². The first kappa shape index (κ1) is 106. The quantitative estimate of drug-likeness (QED) is 0.0222. The van der Waals surface area contributed by atoms with Crippen LogP contribution in [0.1, 0.15) is 478 Å². The Balaban J connectivity index is 5.24. The Morgan fingerprint density at radius 1 is 0.259 bits per heavy atom. The van der Waals surface area contributed by atoms with Crippen molar-refractivity contribution in [1.29, 1.82) is 0 Å². The van der Waals surface area contributed by atoms with Gasteiger partial charge in [-0.05, 0) is 37.5 Å². The summed E-state index contributed by atoms with van der Waals surface area (Å²) in [5, 5.41) is 10.7. The van der Waals surface area contributed by atoms with E-state index in [9.17, 15) is 43.2 Å². The van der Waals surface area contributed by atoms with E-state index in [1.54, 1.807) is 0 Å². The molecule has 108 heavy (non-hydrogen) atoms. The van der Waals surface area contributed by atoms with Crippen molar-refractivity contribution in [2.75, 3.05) is 39.6 Å². The first-order valence-electron chi connectivity index (χ1n) is 46.1. The second kappa shape index (κ2) is 80.3. The van der Waals surface area contributed by atoms with Gasteiger partial charge in [-0.1, -0.05) is 427 Å². The molecule has 4 unspecified atom stereocenters. The summed E-state index contributed by atoms with van der Waals surface area (Å²) in [4.78, 5) is 73.3. The molecule has 0 aromatic carbocycles. The van der Waals surface area contributed by atoms with E-state index < -0.39 is 97.5 Å². The maximum atomic E-state index is 13.2. The van der Waals surface area contributed by atoms with Crippen molar-refractivity contribution in [2.24, 2.45) is 11.8 Å². The number of aliphatic hydroxyl groups excluding tert-OH is 1. The third kappa shape index (κ3) is 79.3. The molecule has 0 spiro atoms. The lowest BCUT2D eigenvalue weighted by Crippen LogP contribution is -2.30. The van der Waals surface area contributed by atoms with Gasteiger partial charge in [0.25, 0.3) is 0 Å². The van der Waals surface area contributed by atoms with Gasteiger partial charge in [-0.3, -0.25) is 37.3 Å². The molecule has 642 valence electrons. The molecule has 0 amide bonds. The highest BCUT2D eigenvalue weighted by Crippen LogP contribution is 2.45. The number of phosphoric acid groups is 2. The van der Waals surface area contributed by atoms with Crippen molar-refractivity contribution in [2.45, 2.75) is 496 Å². The van der Waals surface area contributed by atoms with Gasteiger partial charge < -0.3 is 33.8 Å². The Labute approximate surface area is 664 Å².